The minimum Gasteiger partial charge on any atom is -0.110 e. The molecule has 0 nitrogen and oxygen atoms in total. The zero-order chi connectivity index (χ0) is 21.7. The third kappa shape index (κ3) is 3.28. The van der Waals surface area contributed by atoms with Crippen molar-refractivity contribution in [3.63, 3.8) is 0 Å². The molecule has 0 N–H and O–H groups in total. The number of benzene rings is 4. The molecule has 0 amide bonds. The van der Waals surface area contributed by atoms with Crippen LogP contribution in [0.2, 0.25) is 5.02 Å². The number of fused-ring (bicyclic) bond motifs is 1. The third-order valence-electron chi connectivity index (χ3n) is 5.36. The van der Waals surface area contributed by atoms with Crippen molar-refractivity contribution in [2.75, 3.05) is 0 Å². The van der Waals surface area contributed by atoms with E-state index in [1.807, 2.05) is 48.5 Å². The fourth-order valence-corrected chi connectivity index (χ4v) is 3.84. The molecule has 4 rings (SSSR count). The Morgan fingerprint density at radius 3 is 1.57 bits per heavy atom. The topological polar surface area (TPSA) is 0 Å². The highest BCUT2D eigenvalue weighted by molar-refractivity contribution is 6.71. The zero-order valence-corrected chi connectivity index (χ0v) is 16.8. The Labute approximate surface area is 191 Å². The Morgan fingerprint density at radius 2 is 0.967 bits per heavy atom. The van der Waals surface area contributed by atoms with Gasteiger partial charge in [-0.3, -0.25) is 0 Å². The molecule has 0 fully saturated rings. The number of rotatable bonds is 2. The van der Waals surface area contributed by atoms with E-state index in [9.17, 15) is 0 Å². The summed E-state index contributed by atoms with van der Waals surface area (Å²) in [5, 5.41) is 1.63. The van der Waals surface area contributed by atoms with E-state index in [4.69, 9.17) is 66.5 Å². The summed E-state index contributed by atoms with van der Waals surface area (Å²) < 4.78 is 0. The molecule has 8 heteroatoms. The first-order chi connectivity index (χ1) is 14.2. The standard InChI is InChI=1S/C22H8B7Cl/c23-16-13(11-3-1-2-10(8-11)9-4-6-12(30)7-5-9)14-15(18(25)20(16)27)19(26)22(29)21(28)17(14)24/h1-8H. The first-order valence-corrected chi connectivity index (χ1v) is 9.48. The molecule has 124 valence electrons. The quantitative estimate of drug-likeness (QED) is 0.365. The Balaban J connectivity index is 2.09. The Kier molecular flexibility index (Phi) is 5.53. The summed E-state index contributed by atoms with van der Waals surface area (Å²) in [6.07, 6.45) is 0. The monoisotopic (exact) mass is 384 g/mol. The molecule has 4 aromatic rings. The van der Waals surface area contributed by atoms with Gasteiger partial charge in [0.25, 0.3) is 0 Å². The van der Waals surface area contributed by atoms with Crippen molar-refractivity contribution < 1.29 is 0 Å². The molecule has 0 saturated carbocycles. The van der Waals surface area contributed by atoms with Gasteiger partial charge in [0.05, 0.1) is 0 Å². The molecule has 30 heavy (non-hydrogen) atoms. The maximum Gasteiger partial charge on any atom is 0.113 e. The average Bonchev–Trinajstić information content (AvgIpc) is 2.75. The van der Waals surface area contributed by atoms with E-state index < -0.39 is 0 Å². The van der Waals surface area contributed by atoms with E-state index in [2.05, 4.69) is 0 Å². The van der Waals surface area contributed by atoms with E-state index >= 15 is 0 Å². The van der Waals surface area contributed by atoms with Crippen molar-refractivity contribution in [3.8, 4) is 22.3 Å². The van der Waals surface area contributed by atoms with E-state index in [0.29, 0.717) is 26.8 Å². The molecule has 0 spiro atoms. The molecule has 0 heterocycles. The highest BCUT2D eigenvalue weighted by Crippen LogP contribution is 2.28. The molecule has 0 aliphatic carbocycles. The summed E-state index contributed by atoms with van der Waals surface area (Å²) in [5.41, 5.74) is 4.87. The van der Waals surface area contributed by atoms with Crippen molar-refractivity contribution in [1.29, 1.82) is 0 Å². The lowest BCUT2D eigenvalue weighted by molar-refractivity contribution is 1.61. The minimum absolute atomic E-state index is 0.164. The van der Waals surface area contributed by atoms with Gasteiger partial charge in [-0.05, 0) is 51.2 Å². The number of halogens is 1. The Morgan fingerprint density at radius 1 is 0.467 bits per heavy atom. The molecule has 0 aromatic heterocycles. The van der Waals surface area contributed by atoms with Gasteiger partial charge < -0.3 is 0 Å². The van der Waals surface area contributed by atoms with Crippen LogP contribution in [0.5, 0.6) is 0 Å². The summed E-state index contributed by atoms with van der Waals surface area (Å²) in [6.45, 7) is 0. The van der Waals surface area contributed by atoms with Crippen LogP contribution in [0.4, 0.5) is 0 Å². The first kappa shape index (κ1) is 21.1. The van der Waals surface area contributed by atoms with E-state index in [1.54, 1.807) is 0 Å². The lowest BCUT2D eigenvalue weighted by Gasteiger charge is -2.25. The molecule has 0 saturated heterocycles. The summed E-state index contributed by atoms with van der Waals surface area (Å²) in [4.78, 5) is 0. The Bertz CT molecular complexity index is 1310. The number of hydrogen-bond acceptors (Lipinski definition) is 0. The van der Waals surface area contributed by atoms with Crippen LogP contribution >= 0.6 is 11.6 Å². The average molecular weight is 383 g/mol. The second kappa shape index (κ2) is 7.86. The van der Waals surface area contributed by atoms with Crippen molar-refractivity contribution >= 4 is 116 Å². The number of hydrogen-bond donors (Lipinski definition) is 0. The molecule has 0 aliphatic rings. The fourth-order valence-electron chi connectivity index (χ4n) is 3.71. The van der Waals surface area contributed by atoms with Crippen LogP contribution in [0.15, 0.2) is 48.5 Å². The van der Waals surface area contributed by atoms with Crippen LogP contribution in [0.1, 0.15) is 0 Å². The summed E-state index contributed by atoms with van der Waals surface area (Å²) >= 11 is 6.01. The molecule has 0 aliphatic heterocycles. The highest BCUT2D eigenvalue weighted by Gasteiger charge is 2.18. The van der Waals surface area contributed by atoms with Crippen molar-refractivity contribution in [2.24, 2.45) is 0 Å². The molecular weight excluding hydrogens is 375 g/mol. The predicted octanol–water partition coefficient (Wildman–Crippen LogP) is -1.62. The van der Waals surface area contributed by atoms with Crippen LogP contribution in [0, 0.1) is 0 Å². The third-order valence-corrected chi connectivity index (χ3v) is 5.61. The van der Waals surface area contributed by atoms with E-state index in [0.717, 1.165) is 16.7 Å². The highest BCUT2D eigenvalue weighted by atomic mass is 35.5. The SMILES string of the molecule is [B]c1c([B])c([B])c2c(-c3cccc(-c4ccc(Cl)cc4)c3)c([B])c([B])c([B])c2c1[B]. The predicted molar refractivity (Wildman–Crippen MR) is 138 cm³/mol. The van der Waals surface area contributed by atoms with Gasteiger partial charge in [0.2, 0.25) is 0 Å². The lowest BCUT2D eigenvalue weighted by Crippen LogP contribution is -2.52. The van der Waals surface area contributed by atoms with Gasteiger partial charge in [-0.2, -0.15) is 0 Å². The summed E-state index contributed by atoms with van der Waals surface area (Å²) in [5.74, 6) is 0. The van der Waals surface area contributed by atoms with Crippen LogP contribution < -0.4 is 38.2 Å². The normalized spacial score (nSPS) is 11.1. The van der Waals surface area contributed by atoms with Crippen LogP contribution in [-0.2, 0) is 0 Å². The molecular formula is C22H8B7Cl. The second-order valence-electron chi connectivity index (χ2n) is 7.11. The molecule has 4 aromatic carbocycles. The van der Waals surface area contributed by atoms with Crippen molar-refractivity contribution in [3.05, 3.63) is 53.6 Å². The van der Waals surface area contributed by atoms with Crippen LogP contribution in [0.3, 0.4) is 0 Å². The minimum atomic E-state index is 0.164. The van der Waals surface area contributed by atoms with Gasteiger partial charge in [0.1, 0.15) is 54.9 Å². The summed E-state index contributed by atoms with van der Waals surface area (Å²) in [7, 11) is 43.6. The van der Waals surface area contributed by atoms with Gasteiger partial charge in [-0.25, -0.2) is 0 Å². The fraction of sp³-hybridized carbons (Fsp3) is 0. The zero-order valence-electron chi connectivity index (χ0n) is 16.0. The van der Waals surface area contributed by atoms with Gasteiger partial charge in [0, 0.05) is 5.02 Å². The maximum atomic E-state index is 6.41. The van der Waals surface area contributed by atoms with Crippen LogP contribution in [-0.4, -0.2) is 54.9 Å². The van der Waals surface area contributed by atoms with E-state index in [1.165, 1.54) is 0 Å². The molecule has 0 bridgehead atoms. The molecule has 0 unspecified atom stereocenters. The second-order valence-corrected chi connectivity index (χ2v) is 7.54. The molecule has 14 radical (unpaired) electrons. The van der Waals surface area contributed by atoms with Gasteiger partial charge >= 0.3 is 0 Å². The lowest BCUT2D eigenvalue weighted by atomic mass is 9.59. The Hall–Kier alpha value is -2.12. The van der Waals surface area contributed by atoms with Gasteiger partial charge in [-0.15, -0.1) is 16.4 Å². The van der Waals surface area contributed by atoms with Gasteiger partial charge in [-0.1, -0.05) is 63.8 Å². The van der Waals surface area contributed by atoms with Crippen molar-refractivity contribution in [2.45, 2.75) is 0 Å². The largest absolute Gasteiger partial charge is 0.113 e. The van der Waals surface area contributed by atoms with E-state index in [-0.39, 0.29) is 32.8 Å². The smallest absolute Gasteiger partial charge is 0.110 e. The van der Waals surface area contributed by atoms with Crippen LogP contribution in [0.25, 0.3) is 33.0 Å². The summed E-state index contributed by atoms with van der Waals surface area (Å²) in [6, 6.07) is 15.3. The molecule has 0 atom stereocenters. The maximum absolute atomic E-state index is 6.41. The van der Waals surface area contributed by atoms with Gasteiger partial charge in [0.15, 0.2) is 0 Å². The van der Waals surface area contributed by atoms with Crippen molar-refractivity contribution in [1.82, 2.24) is 0 Å². The first-order valence-electron chi connectivity index (χ1n) is 9.10.